The third-order valence-electron chi connectivity index (χ3n) is 5.77. The van der Waals surface area contributed by atoms with Gasteiger partial charge in [0.25, 0.3) is 11.5 Å². The molecule has 146 valence electrons. The van der Waals surface area contributed by atoms with E-state index in [0.29, 0.717) is 25.2 Å². The van der Waals surface area contributed by atoms with Gasteiger partial charge in [-0.05, 0) is 37.0 Å². The van der Waals surface area contributed by atoms with Crippen molar-refractivity contribution in [1.29, 1.82) is 0 Å². The van der Waals surface area contributed by atoms with E-state index >= 15 is 0 Å². The number of likely N-dealkylation sites (tertiary alicyclic amines) is 1. The van der Waals surface area contributed by atoms with Crippen molar-refractivity contribution in [2.24, 2.45) is 5.92 Å². The molecule has 2 bridgehead atoms. The average molecular weight is 380 g/mol. The van der Waals surface area contributed by atoms with E-state index < -0.39 is 0 Å². The van der Waals surface area contributed by atoms with Gasteiger partial charge in [-0.15, -0.1) is 0 Å². The maximum Gasteiger partial charge on any atom is 0.255 e. The molecule has 1 N–H and O–H groups in total. The summed E-state index contributed by atoms with van der Waals surface area (Å²) in [4.78, 5) is 43.2. The largest absolute Gasteiger partial charge is 0.354 e. The zero-order valence-electron chi connectivity index (χ0n) is 16.1. The molecule has 2 aromatic rings. The van der Waals surface area contributed by atoms with Gasteiger partial charge in [-0.1, -0.05) is 6.07 Å². The highest BCUT2D eigenvalue weighted by Crippen LogP contribution is 2.41. The molecule has 2 aliphatic rings. The highest BCUT2D eigenvalue weighted by molar-refractivity contribution is 5.94. The lowest BCUT2D eigenvalue weighted by Crippen LogP contribution is -2.53. The molecule has 0 aliphatic carbocycles. The van der Waals surface area contributed by atoms with Crippen LogP contribution in [-0.2, 0) is 4.79 Å². The van der Waals surface area contributed by atoms with Crippen LogP contribution in [0.5, 0.6) is 0 Å². The fourth-order valence-corrected chi connectivity index (χ4v) is 4.57. The number of hydrogen-bond donors (Lipinski definition) is 1. The Hall–Kier alpha value is -2.96. The van der Waals surface area contributed by atoms with Gasteiger partial charge in [0.2, 0.25) is 5.91 Å². The van der Waals surface area contributed by atoms with Gasteiger partial charge in [0.15, 0.2) is 0 Å². The van der Waals surface area contributed by atoms with Gasteiger partial charge >= 0.3 is 0 Å². The molecule has 2 aromatic heterocycles. The summed E-state index contributed by atoms with van der Waals surface area (Å²) in [6, 6.07) is 7.00. The molecule has 0 spiro atoms. The number of pyridine rings is 2. The smallest absolute Gasteiger partial charge is 0.255 e. The number of nitrogens with zero attached hydrogens (tertiary/aromatic N) is 3. The van der Waals surface area contributed by atoms with Crippen molar-refractivity contribution in [1.82, 2.24) is 19.8 Å². The summed E-state index contributed by atoms with van der Waals surface area (Å²) in [5.41, 5.74) is 2.43. The predicted molar refractivity (Wildman–Crippen MR) is 104 cm³/mol. The highest BCUT2D eigenvalue weighted by atomic mass is 16.2. The number of nitrogens with one attached hydrogen (secondary N) is 1. The quantitative estimate of drug-likeness (QED) is 0.874. The van der Waals surface area contributed by atoms with E-state index in [1.807, 2.05) is 28.5 Å². The van der Waals surface area contributed by atoms with Crippen molar-refractivity contribution in [3.63, 3.8) is 0 Å². The number of fused-ring (bicyclic) bond motifs is 4. The first-order valence-corrected chi connectivity index (χ1v) is 9.61. The zero-order valence-corrected chi connectivity index (χ0v) is 16.1. The van der Waals surface area contributed by atoms with Crippen LogP contribution in [0.4, 0.5) is 0 Å². The Morgan fingerprint density at radius 3 is 2.82 bits per heavy atom. The Morgan fingerprint density at radius 1 is 1.25 bits per heavy atom. The SMILES string of the molecule is CC(=O)NC[C@H]1[C@H]2C[C@H](CN(C(=O)c3cncc(C)c3)C2)c2cccc(=O)n21. The minimum atomic E-state index is -0.157. The lowest BCUT2D eigenvalue weighted by atomic mass is 9.78. The zero-order chi connectivity index (χ0) is 19.8. The Bertz CT molecular complexity index is 984. The molecular formula is C21H24N4O3. The van der Waals surface area contributed by atoms with Gasteiger partial charge in [0.05, 0.1) is 11.6 Å². The fourth-order valence-electron chi connectivity index (χ4n) is 4.57. The first kappa shape index (κ1) is 18.4. The van der Waals surface area contributed by atoms with E-state index in [1.54, 1.807) is 24.5 Å². The third kappa shape index (κ3) is 3.32. The second kappa shape index (κ2) is 7.22. The van der Waals surface area contributed by atoms with Crippen LogP contribution in [0.2, 0.25) is 0 Å². The van der Waals surface area contributed by atoms with Gasteiger partial charge in [-0.3, -0.25) is 19.4 Å². The van der Waals surface area contributed by atoms with Crippen molar-refractivity contribution < 1.29 is 9.59 Å². The molecule has 2 amide bonds. The highest BCUT2D eigenvalue weighted by Gasteiger charge is 2.41. The monoisotopic (exact) mass is 380 g/mol. The van der Waals surface area contributed by atoms with E-state index in [2.05, 4.69) is 10.3 Å². The lowest BCUT2D eigenvalue weighted by Gasteiger charge is -2.47. The molecule has 0 unspecified atom stereocenters. The molecule has 1 fully saturated rings. The summed E-state index contributed by atoms with van der Waals surface area (Å²) in [5.74, 6) is 0.0704. The Kier molecular flexibility index (Phi) is 4.75. The van der Waals surface area contributed by atoms with Crippen LogP contribution in [0.3, 0.4) is 0 Å². The van der Waals surface area contributed by atoms with E-state index in [0.717, 1.165) is 17.7 Å². The number of carbonyl (C=O) groups excluding carboxylic acids is 2. The molecule has 0 radical (unpaired) electrons. The van der Waals surface area contributed by atoms with E-state index in [4.69, 9.17) is 0 Å². The summed E-state index contributed by atoms with van der Waals surface area (Å²) in [6.07, 6.45) is 4.24. The van der Waals surface area contributed by atoms with Crippen molar-refractivity contribution in [2.45, 2.75) is 32.2 Å². The van der Waals surface area contributed by atoms with Crippen LogP contribution in [0.15, 0.2) is 41.5 Å². The van der Waals surface area contributed by atoms with Crippen molar-refractivity contribution in [2.75, 3.05) is 19.6 Å². The molecule has 2 aliphatic heterocycles. The van der Waals surface area contributed by atoms with E-state index in [9.17, 15) is 14.4 Å². The molecule has 4 rings (SSSR count). The molecule has 7 nitrogen and oxygen atoms in total. The van der Waals surface area contributed by atoms with Crippen LogP contribution >= 0.6 is 0 Å². The number of piperidine rings is 1. The molecule has 28 heavy (non-hydrogen) atoms. The van der Waals surface area contributed by atoms with Gasteiger partial charge in [0, 0.05) is 56.6 Å². The second-order valence-corrected chi connectivity index (χ2v) is 7.82. The summed E-state index contributed by atoms with van der Waals surface area (Å²) < 4.78 is 1.82. The Balaban J connectivity index is 1.67. The fraction of sp³-hybridized carbons (Fsp3) is 0.429. The topological polar surface area (TPSA) is 84.3 Å². The lowest BCUT2D eigenvalue weighted by molar-refractivity contribution is -0.119. The van der Waals surface area contributed by atoms with Gasteiger partial charge < -0.3 is 14.8 Å². The average Bonchev–Trinajstić information content (AvgIpc) is 2.67. The molecule has 0 saturated carbocycles. The number of aryl methyl sites for hydroxylation is 1. The van der Waals surface area contributed by atoms with E-state index in [1.165, 1.54) is 6.92 Å². The van der Waals surface area contributed by atoms with Crippen LogP contribution in [-0.4, -0.2) is 45.9 Å². The van der Waals surface area contributed by atoms with Crippen LogP contribution in [0.25, 0.3) is 0 Å². The van der Waals surface area contributed by atoms with Crippen molar-refractivity contribution in [3.8, 4) is 0 Å². The first-order chi connectivity index (χ1) is 13.4. The molecule has 0 aromatic carbocycles. The number of carbonyl (C=O) groups is 2. The van der Waals surface area contributed by atoms with Gasteiger partial charge in [-0.25, -0.2) is 0 Å². The Labute approximate surface area is 163 Å². The first-order valence-electron chi connectivity index (χ1n) is 9.61. The molecule has 7 heteroatoms. The standard InChI is InChI=1S/C21H24N4O3/c1-13-6-15(9-22-8-13)21(28)24-11-16-7-17(12-24)19(10-23-14(2)26)25-18(16)4-3-5-20(25)27/h3-6,8-9,16-17,19H,7,10-12H2,1-2H3,(H,23,26)/t16-,17+,19+/m1/s1. The summed E-state index contributed by atoms with van der Waals surface area (Å²) in [6.45, 7) is 4.92. The molecule has 1 saturated heterocycles. The number of rotatable bonds is 3. The number of aromatic nitrogens is 2. The maximum absolute atomic E-state index is 13.1. The summed E-state index contributed by atoms with van der Waals surface area (Å²) in [7, 11) is 0. The molecule has 3 atom stereocenters. The molecular weight excluding hydrogens is 356 g/mol. The van der Waals surface area contributed by atoms with Crippen molar-refractivity contribution in [3.05, 3.63) is 63.8 Å². The van der Waals surface area contributed by atoms with Crippen LogP contribution in [0, 0.1) is 12.8 Å². The van der Waals surface area contributed by atoms with E-state index in [-0.39, 0.29) is 35.3 Å². The number of hydrogen-bond acceptors (Lipinski definition) is 4. The third-order valence-corrected chi connectivity index (χ3v) is 5.77. The minimum Gasteiger partial charge on any atom is -0.354 e. The summed E-state index contributed by atoms with van der Waals surface area (Å²) >= 11 is 0. The Morgan fingerprint density at radius 2 is 2.07 bits per heavy atom. The minimum absolute atomic E-state index is 0.0316. The normalized spacial score (nSPS) is 23.1. The van der Waals surface area contributed by atoms with Gasteiger partial charge in [-0.2, -0.15) is 0 Å². The van der Waals surface area contributed by atoms with Crippen molar-refractivity contribution >= 4 is 11.8 Å². The van der Waals surface area contributed by atoms with Gasteiger partial charge in [0.1, 0.15) is 0 Å². The second-order valence-electron chi connectivity index (χ2n) is 7.82. The molecule has 4 heterocycles. The summed E-state index contributed by atoms with van der Waals surface area (Å²) in [5, 5.41) is 2.86. The van der Waals surface area contributed by atoms with Crippen LogP contribution < -0.4 is 10.9 Å². The maximum atomic E-state index is 13.1. The number of amides is 2. The van der Waals surface area contributed by atoms with Crippen LogP contribution in [0.1, 0.15) is 46.9 Å². The predicted octanol–water partition coefficient (Wildman–Crippen LogP) is 1.49.